The number of halogens is 4. The van der Waals surface area contributed by atoms with Crippen molar-refractivity contribution in [3.8, 4) is 0 Å². The van der Waals surface area contributed by atoms with Crippen LogP contribution in [0.25, 0.3) is 0 Å². The number of aliphatic hydroxyl groups excluding tert-OH is 1. The molecule has 2 nitrogen and oxygen atoms in total. The summed E-state index contributed by atoms with van der Waals surface area (Å²) >= 11 is 5.48. The summed E-state index contributed by atoms with van der Waals surface area (Å²) in [5, 5.41) is 9.57. The van der Waals surface area contributed by atoms with E-state index in [0.29, 0.717) is 12.8 Å². The van der Waals surface area contributed by atoms with Gasteiger partial charge in [0, 0.05) is 10.6 Å². The van der Waals surface area contributed by atoms with Gasteiger partial charge in [0.15, 0.2) is 0 Å². The minimum absolute atomic E-state index is 0. The molecule has 0 aliphatic rings. The first-order valence-electron chi connectivity index (χ1n) is 5.05. The molecule has 0 saturated heterocycles. The number of hydrogen-bond acceptors (Lipinski definition) is 2. The van der Waals surface area contributed by atoms with E-state index < -0.39 is 23.8 Å². The first-order chi connectivity index (χ1) is 7.47. The van der Waals surface area contributed by atoms with E-state index in [1.165, 1.54) is 0 Å². The van der Waals surface area contributed by atoms with E-state index >= 15 is 0 Å². The van der Waals surface area contributed by atoms with Crippen molar-refractivity contribution in [2.45, 2.75) is 31.9 Å². The molecule has 2 atom stereocenters. The van der Waals surface area contributed by atoms with Gasteiger partial charge in [-0.25, -0.2) is 8.78 Å². The van der Waals surface area contributed by atoms with Crippen LogP contribution in [0.5, 0.6) is 0 Å². The highest BCUT2D eigenvalue weighted by atomic mass is 35.5. The van der Waals surface area contributed by atoms with Gasteiger partial charge >= 0.3 is 0 Å². The average molecular weight is 286 g/mol. The summed E-state index contributed by atoms with van der Waals surface area (Å²) in [5.74, 6) is -1.65. The molecule has 0 saturated carbocycles. The average Bonchev–Trinajstić information content (AvgIpc) is 2.16. The topological polar surface area (TPSA) is 46.2 Å². The lowest BCUT2D eigenvalue weighted by atomic mass is 9.98. The number of nitrogens with two attached hydrogens (primary N) is 1. The lowest BCUT2D eigenvalue weighted by Crippen LogP contribution is -2.28. The molecule has 0 aromatic heterocycles. The van der Waals surface area contributed by atoms with Crippen LogP contribution in [0.2, 0.25) is 5.02 Å². The largest absolute Gasteiger partial charge is 0.391 e. The fraction of sp³-hybridized carbons (Fsp3) is 0.455. The molecule has 1 aromatic rings. The summed E-state index contributed by atoms with van der Waals surface area (Å²) in [4.78, 5) is 0. The maximum absolute atomic E-state index is 13.4. The SMILES string of the molecule is CCC[C@@H](O)[C@@H](N)c1c(F)cc(Cl)cc1F.Cl. The molecule has 17 heavy (non-hydrogen) atoms. The van der Waals surface area contributed by atoms with Gasteiger partial charge in [-0.15, -0.1) is 12.4 Å². The summed E-state index contributed by atoms with van der Waals surface area (Å²) in [6.07, 6.45) is 0.115. The Morgan fingerprint density at radius 2 is 1.82 bits per heavy atom. The zero-order chi connectivity index (χ0) is 12.3. The molecule has 3 N–H and O–H groups in total. The summed E-state index contributed by atoms with van der Waals surface area (Å²) in [7, 11) is 0. The molecule has 0 radical (unpaired) electrons. The van der Waals surface area contributed by atoms with E-state index in [9.17, 15) is 13.9 Å². The Labute approximate surface area is 110 Å². The van der Waals surface area contributed by atoms with Crippen molar-refractivity contribution in [2.24, 2.45) is 5.73 Å². The van der Waals surface area contributed by atoms with E-state index in [4.69, 9.17) is 17.3 Å². The number of rotatable bonds is 4. The Morgan fingerprint density at radius 3 is 2.24 bits per heavy atom. The Morgan fingerprint density at radius 1 is 1.35 bits per heavy atom. The Hall–Kier alpha value is -0.420. The molecule has 0 aliphatic heterocycles. The second-order valence-corrected chi connectivity index (χ2v) is 4.10. The van der Waals surface area contributed by atoms with Crippen LogP contribution in [0.4, 0.5) is 8.78 Å². The Kier molecular flexibility index (Phi) is 6.94. The maximum atomic E-state index is 13.4. The van der Waals surface area contributed by atoms with Crippen LogP contribution >= 0.6 is 24.0 Å². The predicted molar refractivity (Wildman–Crippen MR) is 66.5 cm³/mol. The molecule has 0 fully saturated rings. The molecule has 1 aromatic carbocycles. The highest BCUT2D eigenvalue weighted by Gasteiger charge is 2.23. The quantitative estimate of drug-likeness (QED) is 0.892. The minimum atomic E-state index is -1.07. The molecular weight excluding hydrogens is 271 g/mol. The number of aliphatic hydroxyl groups is 1. The second-order valence-electron chi connectivity index (χ2n) is 3.66. The third kappa shape index (κ3) is 4.07. The van der Waals surface area contributed by atoms with Gasteiger partial charge in [0.25, 0.3) is 0 Å². The van der Waals surface area contributed by atoms with Gasteiger partial charge in [-0.2, -0.15) is 0 Å². The van der Waals surface area contributed by atoms with Gasteiger partial charge in [0.1, 0.15) is 11.6 Å². The van der Waals surface area contributed by atoms with Crippen LogP contribution in [0.3, 0.4) is 0 Å². The molecule has 0 bridgehead atoms. The van der Waals surface area contributed by atoms with Crippen LogP contribution < -0.4 is 5.73 Å². The summed E-state index contributed by atoms with van der Waals surface area (Å²) in [6.45, 7) is 1.85. The van der Waals surface area contributed by atoms with E-state index in [2.05, 4.69) is 0 Å². The maximum Gasteiger partial charge on any atom is 0.132 e. The van der Waals surface area contributed by atoms with E-state index in [0.717, 1.165) is 12.1 Å². The van der Waals surface area contributed by atoms with Crippen LogP contribution in [-0.4, -0.2) is 11.2 Å². The van der Waals surface area contributed by atoms with Gasteiger partial charge in [0.2, 0.25) is 0 Å². The Bertz CT molecular complexity index is 353. The zero-order valence-corrected chi connectivity index (χ0v) is 10.9. The van der Waals surface area contributed by atoms with Crippen molar-refractivity contribution >= 4 is 24.0 Å². The molecular formula is C11H15Cl2F2NO. The van der Waals surface area contributed by atoms with Crippen molar-refractivity contribution in [1.29, 1.82) is 0 Å². The molecule has 0 amide bonds. The van der Waals surface area contributed by atoms with Gasteiger partial charge < -0.3 is 10.8 Å². The highest BCUT2D eigenvalue weighted by Crippen LogP contribution is 2.26. The van der Waals surface area contributed by atoms with Crippen molar-refractivity contribution < 1.29 is 13.9 Å². The van der Waals surface area contributed by atoms with Crippen molar-refractivity contribution in [3.05, 3.63) is 34.4 Å². The van der Waals surface area contributed by atoms with Crippen LogP contribution in [0.1, 0.15) is 31.4 Å². The van der Waals surface area contributed by atoms with Crippen molar-refractivity contribution in [1.82, 2.24) is 0 Å². The Balaban J connectivity index is 0.00000256. The predicted octanol–water partition coefficient (Wildman–Crippen LogP) is 3.20. The van der Waals surface area contributed by atoms with E-state index in [1.807, 2.05) is 6.92 Å². The summed E-state index contributed by atoms with van der Waals surface area (Å²) < 4.78 is 26.9. The van der Waals surface area contributed by atoms with Crippen LogP contribution in [0, 0.1) is 11.6 Å². The monoisotopic (exact) mass is 285 g/mol. The molecule has 98 valence electrons. The van der Waals surface area contributed by atoms with Gasteiger partial charge in [0.05, 0.1) is 12.1 Å². The second kappa shape index (κ2) is 7.11. The third-order valence-electron chi connectivity index (χ3n) is 2.38. The third-order valence-corrected chi connectivity index (χ3v) is 2.59. The van der Waals surface area contributed by atoms with Gasteiger partial charge in [-0.1, -0.05) is 24.9 Å². The zero-order valence-electron chi connectivity index (χ0n) is 9.29. The number of benzene rings is 1. The lowest BCUT2D eigenvalue weighted by Gasteiger charge is -2.19. The first-order valence-corrected chi connectivity index (χ1v) is 5.43. The van der Waals surface area contributed by atoms with E-state index in [-0.39, 0.29) is 23.0 Å². The molecule has 0 heterocycles. The van der Waals surface area contributed by atoms with Crippen molar-refractivity contribution in [2.75, 3.05) is 0 Å². The normalized spacial score (nSPS) is 14.0. The standard InChI is InChI=1S/C11H14ClF2NO.ClH/c1-2-3-9(16)11(15)10-7(13)4-6(12)5-8(10)14;/h4-5,9,11,16H,2-3,15H2,1H3;1H/t9-,11-;/m1./s1. The van der Waals surface area contributed by atoms with E-state index in [1.54, 1.807) is 0 Å². The molecule has 1 rings (SSSR count). The summed E-state index contributed by atoms with van der Waals surface area (Å²) in [5.41, 5.74) is 5.29. The fourth-order valence-corrected chi connectivity index (χ4v) is 1.73. The summed E-state index contributed by atoms with van der Waals surface area (Å²) in [6, 6.07) is 0.897. The number of hydrogen-bond donors (Lipinski definition) is 2. The smallest absolute Gasteiger partial charge is 0.132 e. The van der Waals surface area contributed by atoms with Gasteiger partial charge in [-0.05, 0) is 18.6 Å². The first kappa shape index (κ1) is 16.6. The molecule has 0 spiro atoms. The highest BCUT2D eigenvalue weighted by molar-refractivity contribution is 6.30. The lowest BCUT2D eigenvalue weighted by molar-refractivity contribution is 0.131. The molecule has 0 aliphatic carbocycles. The molecule has 6 heteroatoms. The van der Waals surface area contributed by atoms with Crippen LogP contribution in [-0.2, 0) is 0 Å². The molecule has 0 unspecified atom stereocenters. The van der Waals surface area contributed by atoms with Gasteiger partial charge in [-0.3, -0.25) is 0 Å². The fourth-order valence-electron chi connectivity index (χ4n) is 1.54. The van der Waals surface area contributed by atoms with Crippen molar-refractivity contribution in [3.63, 3.8) is 0 Å². The minimum Gasteiger partial charge on any atom is -0.391 e. The van der Waals surface area contributed by atoms with Crippen LogP contribution in [0.15, 0.2) is 12.1 Å².